The molecule has 0 aromatic carbocycles. The highest BCUT2D eigenvalue weighted by atomic mass is 16.5. The fraction of sp³-hybridized carbons (Fsp3) is 1.00. The van der Waals surface area contributed by atoms with Crippen LogP contribution in [-0.2, 0) is 4.74 Å². The van der Waals surface area contributed by atoms with Crippen molar-refractivity contribution in [3.63, 3.8) is 0 Å². The van der Waals surface area contributed by atoms with Crippen LogP contribution in [0.2, 0.25) is 0 Å². The molecule has 1 aliphatic heterocycles. The summed E-state index contributed by atoms with van der Waals surface area (Å²) in [5, 5.41) is 3.71. The molecule has 0 amide bonds. The minimum absolute atomic E-state index is 0.278. The second-order valence-electron chi connectivity index (χ2n) is 7.63. The van der Waals surface area contributed by atoms with Crippen molar-refractivity contribution in [1.82, 2.24) is 10.2 Å². The monoisotopic (exact) mass is 280 g/mol. The highest BCUT2D eigenvalue weighted by Gasteiger charge is 2.42. The standard InChI is InChI=1S/C17H32N2O/c1-19(2)16(8-6-9-16)14-18-13-15-7-12-17(20-15)10-4-3-5-11-17/h15,18H,3-14H2,1-2H3. The topological polar surface area (TPSA) is 24.5 Å². The molecule has 3 aliphatic rings. The Kier molecular flexibility index (Phi) is 4.40. The first-order valence-corrected chi connectivity index (χ1v) is 8.70. The van der Waals surface area contributed by atoms with Gasteiger partial charge in [-0.05, 0) is 59.0 Å². The van der Waals surface area contributed by atoms with E-state index in [1.807, 2.05) is 0 Å². The molecular formula is C17H32N2O. The Hall–Kier alpha value is -0.120. The van der Waals surface area contributed by atoms with E-state index in [4.69, 9.17) is 4.74 Å². The summed E-state index contributed by atoms with van der Waals surface area (Å²) in [6.07, 6.45) is 13.9. The smallest absolute Gasteiger partial charge is 0.0708 e. The average Bonchev–Trinajstić information content (AvgIpc) is 2.76. The Morgan fingerprint density at radius 1 is 1.00 bits per heavy atom. The number of rotatable bonds is 5. The predicted molar refractivity (Wildman–Crippen MR) is 83.1 cm³/mol. The lowest BCUT2D eigenvalue weighted by atomic mass is 9.75. The molecule has 3 nitrogen and oxygen atoms in total. The predicted octanol–water partition coefficient (Wildman–Crippen LogP) is 2.94. The summed E-state index contributed by atoms with van der Waals surface area (Å²) >= 11 is 0. The van der Waals surface area contributed by atoms with Crippen molar-refractivity contribution in [3.05, 3.63) is 0 Å². The van der Waals surface area contributed by atoms with Crippen LogP contribution in [0.25, 0.3) is 0 Å². The van der Waals surface area contributed by atoms with Crippen molar-refractivity contribution < 1.29 is 4.74 Å². The van der Waals surface area contributed by atoms with Crippen molar-refractivity contribution in [3.8, 4) is 0 Å². The molecule has 1 unspecified atom stereocenters. The third kappa shape index (κ3) is 2.90. The summed E-state index contributed by atoms with van der Waals surface area (Å²) in [6.45, 7) is 2.18. The van der Waals surface area contributed by atoms with Crippen molar-refractivity contribution in [1.29, 1.82) is 0 Å². The normalized spacial score (nSPS) is 31.6. The molecule has 3 rings (SSSR count). The van der Waals surface area contributed by atoms with Gasteiger partial charge in [-0.1, -0.05) is 19.3 Å². The molecule has 0 radical (unpaired) electrons. The highest BCUT2D eigenvalue weighted by molar-refractivity contribution is 4.98. The van der Waals surface area contributed by atoms with Gasteiger partial charge in [0.15, 0.2) is 0 Å². The largest absolute Gasteiger partial charge is 0.370 e. The molecule has 2 saturated carbocycles. The van der Waals surface area contributed by atoms with Gasteiger partial charge in [0.2, 0.25) is 0 Å². The molecule has 0 aromatic heterocycles. The van der Waals surface area contributed by atoms with Crippen LogP contribution in [0.3, 0.4) is 0 Å². The minimum atomic E-state index is 0.278. The Labute approximate surface area is 124 Å². The molecule has 1 saturated heterocycles. The van der Waals surface area contributed by atoms with Crippen LogP contribution >= 0.6 is 0 Å². The fourth-order valence-corrected chi connectivity index (χ4v) is 4.44. The van der Waals surface area contributed by atoms with Gasteiger partial charge in [0.25, 0.3) is 0 Å². The number of hydrogen-bond acceptors (Lipinski definition) is 3. The van der Waals surface area contributed by atoms with E-state index in [-0.39, 0.29) is 5.60 Å². The van der Waals surface area contributed by atoms with E-state index >= 15 is 0 Å². The van der Waals surface area contributed by atoms with Gasteiger partial charge in [-0.3, -0.25) is 0 Å². The van der Waals surface area contributed by atoms with Crippen LogP contribution in [0.1, 0.15) is 64.2 Å². The van der Waals surface area contributed by atoms with Crippen LogP contribution in [-0.4, -0.2) is 49.3 Å². The molecular weight excluding hydrogens is 248 g/mol. The zero-order valence-electron chi connectivity index (χ0n) is 13.4. The molecule has 0 bridgehead atoms. The highest BCUT2D eigenvalue weighted by Crippen LogP contribution is 2.42. The van der Waals surface area contributed by atoms with E-state index in [0.29, 0.717) is 11.6 Å². The number of likely N-dealkylation sites (N-methyl/N-ethyl adjacent to an activating group) is 1. The molecule has 2 aliphatic carbocycles. The SMILES string of the molecule is CN(C)C1(CNCC2CCC3(CCCCC3)O2)CCC1. The zero-order valence-corrected chi connectivity index (χ0v) is 13.4. The van der Waals surface area contributed by atoms with Gasteiger partial charge < -0.3 is 15.0 Å². The molecule has 0 aromatic rings. The second-order valence-corrected chi connectivity index (χ2v) is 7.63. The van der Waals surface area contributed by atoms with Gasteiger partial charge in [0, 0.05) is 18.6 Å². The molecule has 1 spiro atoms. The molecule has 3 heteroatoms. The van der Waals surface area contributed by atoms with Crippen molar-refractivity contribution in [2.24, 2.45) is 0 Å². The molecule has 116 valence electrons. The first-order chi connectivity index (χ1) is 9.64. The quantitative estimate of drug-likeness (QED) is 0.838. The lowest BCUT2D eigenvalue weighted by Crippen LogP contribution is -2.57. The van der Waals surface area contributed by atoms with Crippen molar-refractivity contribution in [2.45, 2.75) is 81.5 Å². The number of nitrogens with zero attached hydrogens (tertiary/aromatic N) is 1. The molecule has 1 atom stereocenters. The number of hydrogen-bond donors (Lipinski definition) is 1. The van der Waals surface area contributed by atoms with E-state index in [9.17, 15) is 0 Å². The summed E-state index contributed by atoms with van der Waals surface area (Å²) in [5.41, 5.74) is 0.710. The number of ether oxygens (including phenoxy) is 1. The van der Waals surface area contributed by atoms with Gasteiger partial charge >= 0.3 is 0 Å². The summed E-state index contributed by atoms with van der Waals surface area (Å²) in [6, 6.07) is 0. The number of nitrogens with one attached hydrogen (secondary N) is 1. The average molecular weight is 280 g/mol. The summed E-state index contributed by atoms with van der Waals surface area (Å²) in [7, 11) is 4.45. The van der Waals surface area contributed by atoms with E-state index in [2.05, 4.69) is 24.3 Å². The van der Waals surface area contributed by atoms with Crippen LogP contribution in [0.15, 0.2) is 0 Å². The van der Waals surface area contributed by atoms with Gasteiger partial charge in [-0.2, -0.15) is 0 Å². The third-order valence-corrected chi connectivity index (χ3v) is 6.16. The summed E-state index contributed by atoms with van der Waals surface area (Å²) in [5.74, 6) is 0. The lowest BCUT2D eigenvalue weighted by molar-refractivity contribution is -0.0635. The van der Waals surface area contributed by atoms with Crippen molar-refractivity contribution >= 4 is 0 Å². The third-order valence-electron chi connectivity index (χ3n) is 6.16. The maximum Gasteiger partial charge on any atom is 0.0708 e. The maximum absolute atomic E-state index is 6.44. The Morgan fingerprint density at radius 3 is 2.35 bits per heavy atom. The van der Waals surface area contributed by atoms with Crippen LogP contribution < -0.4 is 5.32 Å². The van der Waals surface area contributed by atoms with E-state index < -0.39 is 0 Å². The van der Waals surface area contributed by atoms with E-state index in [1.165, 1.54) is 64.2 Å². The van der Waals surface area contributed by atoms with Crippen LogP contribution in [0.4, 0.5) is 0 Å². The Bertz CT molecular complexity index is 319. The first kappa shape index (κ1) is 14.8. The van der Waals surface area contributed by atoms with Gasteiger partial charge in [-0.15, -0.1) is 0 Å². The first-order valence-electron chi connectivity index (χ1n) is 8.70. The molecule has 20 heavy (non-hydrogen) atoms. The molecule has 1 N–H and O–H groups in total. The lowest BCUT2D eigenvalue weighted by Gasteiger charge is -2.47. The second kappa shape index (κ2) is 5.94. The molecule has 1 heterocycles. The van der Waals surface area contributed by atoms with Gasteiger partial charge in [-0.25, -0.2) is 0 Å². The van der Waals surface area contributed by atoms with E-state index in [1.54, 1.807) is 0 Å². The van der Waals surface area contributed by atoms with Crippen LogP contribution in [0.5, 0.6) is 0 Å². The van der Waals surface area contributed by atoms with Gasteiger partial charge in [0.1, 0.15) is 0 Å². The summed E-state index contributed by atoms with van der Waals surface area (Å²) in [4.78, 5) is 2.42. The van der Waals surface area contributed by atoms with Crippen molar-refractivity contribution in [2.75, 3.05) is 27.2 Å². The zero-order chi connectivity index (χ0) is 14.1. The van der Waals surface area contributed by atoms with E-state index in [0.717, 1.165) is 13.1 Å². The van der Waals surface area contributed by atoms with Crippen LogP contribution in [0, 0.1) is 0 Å². The van der Waals surface area contributed by atoms with Gasteiger partial charge in [0.05, 0.1) is 11.7 Å². The minimum Gasteiger partial charge on any atom is -0.370 e. The molecule has 3 fully saturated rings. The maximum atomic E-state index is 6.44. The Balaban J connectivity index is 1.41. The summed E-state index contributed by atoms with van der Waals surface area (Å²) < 4.78 is 6.44. The fourth-order valence-electron chi connectivity index (χ4n) is 4.44. The Morgan fingerprint density at radius 2 is 1.75 bits per heavy atom.